The summed E-state index contributed by atoms with van der Waals surface area (Å²) in [6, 6.07) is 4.83. The lowest BCUT2D eigenvalue weighted by Gasteiger charge is -2.37. The molecule has 0 aromatic heterocycles. The van der Waals surface area contributed by atoms with Gasteiger partial charge in [0.05, 0.1) is 18.3 Å². The highest BCUT2D eigenvalue weighted by molar-refractivity contribution is 5.95. The van der Waals surface area contributed by atoms with Crippen LogP contribution in [0.5, 0.6) is 0 Å². The van der Waals surface area contributed by atoms with E-state index in [-0.39, 0.29) is 23.4 Å². The van der Waals surface area contributed by atoms with Crippen molar-refractivity contribution >= 4 is 5.91 Å². The molecular weight excluding hydrogens is 285 g/mol. The van der Waals surface area contributed by atoms with Gasteiger partial charge in [0.1, 0.15) is 5.82 Å². The third-order valence-corrected chi connectivity index (χ3v) is 4.84. The van der Waals surface area contributed by atoms with Crippen molar-refractivity contribution in [3.05, 3.63) is 35.1 Å². The SMILES string of the molecule is Cc1cccc(C(=O)N2CCCC2C2COCCC2O)c1F. The summed E-state index contributed by atoms with van der Waals surface area (Å²) in [7, 11) is 0. The van der Waals surface area contributed by atoms with Crippen LogP contribution in [0.1, 0.15) is 35.2 Å². The zero-order valence-corrected chi connectivity index (χ0v) is 12.8. The van der Waals surface area contributed by atoms with Crippen LogP contribution < -0.4 is 0 Å². The van der Waals surface area contributed by atoms with Gasteiger partial charge in [-0.1, -0.05) is 12.1 Å². The number of hydrogen-bond acceptors (Lipinski definition) is 3. The summed E-state index contributed by atoms with van der Waals surface area (Å²) in [5.74, 6) is -0.798. The van der Waals surface area contributed by atoms with Crippen LogP contribution in [0.15, 0.2) is 18.2 Å². The summed E-state index contributed by atoms with van der Waals surface area (Å²) in [5, 5.41) is 10.2. The molecule has 3 atom stereocenters. The molecule has 2 aliphatic rings. The van der Waals surface area contributed by atoms with Gasteiger partial charge in [0.25, 0.3) is 5.91 Å². The molecule has 2 saturated heterocycles. The fraction of sp³-hybridized carbons (Fsp3) is 0.588. The van der Waals surface area contributed by atoms with Gasteiger partial charge in [0.2, 0.25) is 0 Å². The van der Waals surface area contributed by atoms with Crippen molar-refractivity contribution < 1.29 is 19.0 Å². The normalized spacial score (nSPS) is 28.9. The predicted octanol–water partition coefficient (Wildman–Crippen LogP) is 2.14. The fourth-order valence-corrected chi connectivity index (χ4v) is 3.57. The standard InChI is InChI=1S/C17H22FNO3/c1-11-4-2-5-12(16(11)18)17(21)19-8-3-6-14(19)13-10-22-9-7-15(13)20/h2,4-5,13-15,20H,3,6-10H2,1H3. The van der Waals surface area contributed by atoms with Crippen LogP contribution in [0.2, 0.25) is 0 Å². The summed E-state index contributed by atoms with van der Waals surface area (Å²) in [4.78, 5) is 14.5. The Morgan fingerprint density at radius 2 is 2.23 bits per heavy atom. The van der Waals surface area contributed by atoms with Gasteiger partial charge in [-0.05, 0) is 37.8 Å². The molecule has 22 heavy (non-hydrogen) atoms. The van der Waals surface area contributed by atoms with Crippen LogP contribution in [0.25, 0.3) is 0 Å². The van der Waals surface area contributed by atoms with Gasteiger partial charge in [-0.15, -0.1) is 0 Å². The van der Waals surface area contributed by atoms with Crippen molar-refractivity contribution in [2.24, 2.45) is 5.92 Å². The number of carbonyl (C=O) groups excluding carboxylic acids is 1. The van der Waals surface area contributed by atoms with Gasteiger partial charge in [0.15, 0.2) is 0 Å². The van der Waals surface area contributed by atoms with E-state index in [9.17, 15) is 14.3 Å². The molecule has 0 aliphatic carbocycles. The van der Waals surface area contributed by atoms with E-state index in [1.165, 1.54) is 6.07 Å². The number of halogens is 1. The zero-order chi connectivity index (χ0) is 15.7. The summed E-state index contributed by atoms with van der Waals surface area (Å²) >= 11 is 0. The van der Waals surface area contributed by atoms with E-state index in [0.717, 1.165) is 12.8 Å². The Labute approximate surface area is 129 Å². The average Bonchev–Trinajstić information content (AvgIpc) is 2.99. The third-order valence-electron chi connectivity index (χ3n) is 4.84. The zero-order valence-electron chi connectivity index (χ0n) is 12.8. The second-order valence-corrected chi connectivity index (χ2v) is 6.24. The van der Waals surface area contributed by atoms with Crippen LogP contribution in [0.3, 0.4) is 0 Å². The fourth-order valence-electron chi connectivity index (χ4n) is 3.57. The number of amides is 1. The number of hydrogen-bond donors (Lipinski definition) is 1. The van der Waals surface area contributed by atoms with Gasteiger partial charge >= 0.3 is 0 Å². The first kappa shape index (κ1) is 15.4. The summed E-state index contributed by atoms with van der Waals surface area (Å²) < 4.78 is 19.7. The number of rotatable bonds is 2. The molecule has 120 valence electrons. The van der Waals surface area contributed by atoms with E-state index >= 15 is 0 Å². The van der Waals surface area contributed by atoms with Gasteiger partial charge in [-0.3, -0.25) is 4.79 Å². The second kappa shape index (κ2) is 6.34. The van der Waals surface area contributed by atoms with Gasteiger partial charge in [0, 0.05) is 25.1 Å². The molecule has 1 amide bonds. The molecule has 0 saturated carbocycles. The first-order valence-electron chi connectivity index (χ1n) is 7.91. The molecule has 3 unspecified atom stereocenters. The Kier molecular flexibility index (Phi) is 4.45. The predicted molar refractivity (Wildman–Crippen MR) is 80.1 cm³/mol. The van der Waals surface area contributed by atoms with Crippen molar-refractivity contribution in [3.8, 4) is 0 Å². The van der Waals surface area contributed by atoms with Crippen LogP contribution >= 0.6 is 0 Å². The van der Waals surface area contributed by atoms with Gasteiger partial charge < -0.3 is 14.7 Å². The van der Waals surface area contributed by atoms with Gasteiger partial charge in [-0.25, -0.2) is 4.39 Å². The van der Waals surface area contributed by atoms with Crippen molar-refractivity contribution in [1.29, 1.82) is 0 Å². The largest absolute Gasteiger partial charge is 0.393 e. The summed E-state index contributed by atoms with van der Waals surface area (Å²) in [6.45, 7) is 3.29. The average molecular weight is 307 g/mol. The second-order valence-electron chi connectivity index (χ2n) is 6.24. The van der Waals surface area contributed by atoms with E-state index in [4.69, 9.17) is 4.74 Å². The van der Waals surface area contributed by atoms with Crippen molar-refractivity contribution in [2.75, 3.05) is 19.8 Å². The van der Waals surface area contributed by atoms with E-state index in [1.807, 2.05) is 0 Å². The van der Waals surface area contributed by atoms with E-state index in [0.29, 0.717) is 31.7 Å². The molecule has 0 bridgehead atoms. The quantitative estimate of drug-likeness (QED) is 0.910. The molecular formula is C17H22FNO3. The molecule has 2 heterocycles. The summed E-state index contributed by atoms with van der Waals surface area (Å²) in [5.41, 5.74) is 0.598. The summed E-state index contributed by atoms with van der Waals surface area (Å²) in [6.07, 6.45) is 1.87. The number of aliphatic hydroxyl groups excluding tert-OH is 1. The number of nitrogens with zero attached hydrogens (tertiary/aromatic N) is 1. The number of aryl methyl sites for hydroxylation is 1. The van der Waals surface area contributed by atoms with E-state index in [1.54, 1.807) is 24.0 Å². The van der Waals surface area contributed by atoms with Crippen LogP contribution in [0.4, 0.5) is 4.39 Å². The van der Waals surface area contributed by atoms with Crippen molar-refractivity contribution in [1.82, 2.24) is 4.90 Å². The molecule has 0 radical (unpaired) electrons. The lowest BCUT2D eigenvalue weighted by Crippen LogP contribution is -2.48. The minimum absolute atomic E-state index is 0.0669. The Bertz CT molecular complexity index is 563. The maximum atomic E-state index is 14.2. The number of aliphatic hydroxyl groups is 1. The van der Waals surface area contributed by atoms with E-state index in [2.05, 4.69) is 0 Å². The molecule has 5 heteroatoms. The molecule has 3 rings (SSSR count). The highest BCUT2D eigenvalue weighted by Crippen LogP contribution is 2.31. The number of carbonyl (C=O) groups is 1. The topological polar surface area (TPSA) is 49.8 Å². The first-order valence-corrected chi connectivity index (χ1v) is 7.91. The maximum absolute atomic E-state index is 14.2. The molecule has 2 fully saturated rings. The lowest BCUT2D eigenvalue weighted by molar-refractivity contribution is -0.0589. The molecule has 1 aromatic carbocycles. The number of likely N-dealkylation sites (tertiary alicyclic amines) is 1. The minimum Gasteiger partial charge on any atom is -0.393 e. The molecule has 2 aliphatic heterocycles. The Hall–Kier alpha value is -1.46. The van der Waals surface area contributed by atoms with Crippen molar-refractivity contribution in [2.45, 2.75) is 38.3 Å². The van der Waals surface area contributed by atoms with Crippen LogP contribution in [-0.4, -0.2) is 47.8 Å². The van der Waals surface area contributed by atoms with Crippen LogP contribution in [0, 0.1) is 18.7 Å². The number of benzene rings is 1. The highest BCUT2D eigenvalue weighted by Gasteiger charge is 2.40. The number of ether oxygens (including phenoxy) is 1. The Morgan fingerprint density at radius 1 is 1.41 bits per heavy atom. The minimum atomic E-state index is -0.450. The molecule has 1 aromatic rings. The monoisotopic (exact) mass is 307 g/mol. The molecule has 4 nitrogen and oxygen atoms in total. The smallest absolute Gasteiger partial charge is 0.257 e. The Balaban J connectivity index is 1.83. The molecule has 0 spiro atoms. The first-order chi connectivity index (χ1) is 10.6. The van der Waals surface area contributed by atoms with Crippen molar-refractivity contribution in [3.63, 3.8) is 0 Å². The third kappa shape index (κ3) is 2.75. The maximum Gasteiger partial charge on any atom is 0.257 e. The Morgan fingerprint density at radius 3 is 3.00 bits per heavy atom. The lowest BCUT2D eigenvalue weighted by atomic mass is 9.89. The molecule has 1 N–H and O–H groups in total. The van der Waals surface area contributed by atoms with E-state index < -0.39 is 11.9 Å². The van der Waals surface area contributed by atoms with Crippen LogP contribution in [-0.2, 0) is 4.74 Å². The highest BCUT2D eigenvalue weighted by atomic mass is 19.1. The van der Waals surface area contributed by atoms with Gasteiger partial charge in [-0.2, -0.15) is 0 Å².